The van der Waals surface area contributed by atoms with Crippen molar-refractivity contribution >= 4 is 35.3 Å². The SMILES string of the molecule is CC(=O)Nc1ccc(-c2nc(Sc3ccc([N+](=O)[O-])cc3C=O)n[nH]2)cc1. The minimum atomic E-state index is -0.559. The number of rotatable bonds is 6. The molecule has 27 heavy (non-hydrogen) atoms. The predicted molar refractivity (Wildman–Crippen MR) is 98.7 cm³/mol. The van der Waals surface area contributed by atoms with Gasteiger partial charge in [-0.2, -0.15) is 0 Å². The fourth-order valence-corrected chi connectivity index (χ4v) is 3.05. The average molecular weight is 383 g/mol. The van der Waals surface area contributed by atoms with Crippen molar-refractivity contribution < 1.29 is 14.5 Å². The third-order valence-corrected chi connectivity index (χ3v) is 4.43. The summed E-state index contributed by atoms with van der Waals surface area (Å²) in [5, 5.41) is 20.8. The summed E-state index contributed by atoms with van der Waals surface area (Å²) >= 11 is 1.12. The van der Waals surface area contributed by atoms with E-state index in [1.54, 1.807) is 24.3 Å². The van der Waals surface area contributed by atoms with Crippen LogP contribution < -0.4 is 5.32 Å². The zero-order valence-corrected chi connectivity index (χ0v) is 14.8. The normalized spacial score (nSPS) is 10.4. The van der Waals surface area contributed by atoms with E-state index in [2.05, 4.69) is 20.5 Å². The molecule has 10 heteroatoms. The molecule has 0 unspecified atom stereocenters. The topological polar surface area (TPSA) is 131 Å². The predicted octanol–water partition coefficient (Wildman–Crippen LogP) is 3.30. The number of benzene rings is 2. The van der Waals surface area contributed by atoms with Crippen molar-refractivity contribution in [2.45, 2.75) is 17.0 Å². The molecule has 3 rings (SSSR count). The first-order valence-electron chi connectivity index (χ1n) is 7.68. The monoisotopic (exact) mass is 383 g/mol. The first-order chi connectivity index (χ1) is 13.0. The van der Waals surface area contributed by atoms with E-state index in [4.69, 9.17) is 0 Å². The van der Waals surface area contributed by atoms with Crippen LogP contribution in [-0.2, 0) is 4.79 Å². The van der Waals surface area contributed by atoms with Gasteiger partial charge in [-0.3, -0.25) is 24.8 Å². The second-order valence-electron chi connectivity index (χ2n) is 5.42. The van der Waals surface area contributed by atoms with Crippen LogP contribution in [0, 0.1) is 10.1 Å². The molecule has 2 N–H and O–H groups in total. The molecule has 0 fully saturated rings. The lowest BCUT2D eigenvalue weighted by Crippen LogP contribution is -2.05. The molecule has 0 aliphatic rings. The van der Waals surface area contributed by atoms with Crippen LogP contribution in [0.1, 0.15) is 17.3 Å². The molecule has 2 aromatic carbocycles. The van der Waals surface area contributed by atoms with Gasteiger partial charge in [0.05, 0.1) is 4.92 Å². The average Bonchev–Trinajstić information content (AvgIpc) is 3.10. The number of H-pyrrole nitrogens is 1. The van der Waals surface area contributed by atoms with Crippen molar-refractivity contribution in [1.29, 1.82) is 0 Å². The minimum absolute atomic E-state index is 0.156. The molecule has 9 nitrogen and oxygen atoms in total. The third-order valence-electron chi connectivity index (χ3n) is 3.48. The molecule has 0 bridgehead atoms. The molecule has 0 saturated heterocycles. The Morgan fingerprint density at radius 1 is 1.26 bits per heavy atom. The number of hydrogen-bond donors (Lipinski definition) is 2. The highest BCUT2D eigenvalue weighted by atomic mass is 32.2. The number of nitrogens with zero attached hydrogens (tertiary/aromatic N) is 3. The second-order valence-corrected chi connectivity index (χ2v) is 6.43. The largest absolute Gasteiger partial charge is 0.326 e. The van der Waals surface area contributed by atoms with E-state index >= 15 is 0 Å². The van der Waals surface area contributed by atoms with Crippen LogP contribution in [0.25, 0.3) is 11.4 Å². The Hall–Kier alpha value is -3.53. The smallest absolute Gasteiger partial charge is 0.270 e. The lowest BCUT2D eigenvalue weighted by atomic mass is 10.2. The highest BCUT2D eigenvalue weighted by molar-refractivity contribution is 7.99. The van der Waals surface area contributed by atoms with Gasteiger partial charge in [0, 0.05) is 40.8 Å². The summed E-state index contributed by atoms with van der Waals surface area (Å²) < 4.78 is 0. The molecule has 1 heterocycles. The molecular formula is C17H13N5O4S. The summed E-state index contributed by atoms with van der Waals surface area (Å²) in [5.41, 5.74) is 1.47. The fourth-order valence-electron chi connectivity index (χ4n) is 2.27. The number of nitrogens with one attached hydrogen (secondary N) is 2. The Bertz CT molecular complexity index is 1020. The molecule has 0 aliphatic heterocycles. The van der Waals surface area contributed by atoms with Crippen molar-refractivity contribution in [3.8, 4) is 11.4 Å². The number of nitro benzene ring substituents is 1. The van der Waals surface area contributed by atoms with Crippen LogP contribution >= 0.6 is 11.8 Å². The van der Waals surface area contributed by atoms with Crippen molar-refractivity contribution in [2.24, 2.45) is 0 Å². The molecule has 3 aromatic rings. The van der Waals surface area contributed by atoms with E-state index in [0.29, 0.717) is 27.8 Å². The lowest BCUT2D eigenvalue weighted by molar-refractivity contribution is -0.384. The van der Waals surface area contributed by atoms with E-state index in [0.717, 1.165) is 17.3 Å². The van der Waals surface area contributed by atoms with E-state index < -0.39 is 4.92 Å². The number of non-ortho nitro benzene ring substituents is 1. The quantitative estimate of drug-likeness (QED) is 0.379. The molecule has 1 aromatic heterocycles. The maximum atomic E-state index is 11.2. The number of anilines is 1. The number of carbonyl (C=O) groups is 2. The van der Waals surface area contributed by atoms with Crippen molar-refractivity contribution in [2.75, 3.05) is 5.32 Å². The number of carbonyl (C=O) groups excluding carboxylic acids is 2. The highest BCUT2D eigenvalue weighted by Crippen LogP contribution is 2.31. The van der Waals surface area contributed by atoms with Crippen LogP contribution in [0.15, 0.2) is 52.5 Å². The summed E-state index contributed by atoms with van der Waals surface area (Å²) in [6.45, 7) is 1.43. The van der Waals surface area contributed by atoms with Gasteiger partial charge < -0.3 is 5.32 Å². The molecule has 1 amide bonds. The maximum Gasteiger partial charge on any atom is 0.270 e. The number of hydrogen-bond acceptors (Lipinski definition) is 7. The van der Waals surface area contributed by atoms with Gasteiger partial charge in [-0.15, -0.1) is 5.10 Å². The van der Waals surface area contributed by atoms with Crippen LogP contribution in [0.5, 0.6) is 0 Å². The summed E-state index contributed by atoms with van der Waals surface area (Å²) in [6.07, 6.45) is 0.559. The first-order valence-corrected chi connectivity index (χ1v) is 8.50. The van der Waals surface area contributed by atoms with E-state index in [1.807, 2.05) is 0 Å². The van der Waals surface area contributed by atoms with Gasteiger partial charge in [-0.1, -0.05) is 0 Å². The first kappa shape index (κ1) is 18.3. The van der Waals surface area contributed by atoms with Crippen LogP contribution in [0.4, 0.5) is 11.4 Å². The van der Waals surface area contributed by atoms with Crippen LogP contribution in [0.2, 0.25) is 0 Å². The van der Waals surface area contributed by atoms with Gasteiger partial charge >= 0.3 is 0 Å². The molecule has 0 radical (unpaired) electrons. The summed E-state index contributed by atoms with van der Waals surface area (Å²) in [4.78, 5) is 37.4. The Morgan fingerprint density at radius 3 is 2.63 bits per heavy atom. The van der Waals surface area contributed by atoms with Crippen molar-refractivity contribution in [3.63, 3.8) is 0 Å². The molecule has 0 aliphatic carbocycles. The molecule has 136 valence electrons. The van der Waals surface area contributed by atoms with Gasteiger partial charge in [0.2, 0.25) is 11.1 Å². The lowest BCUT2D eigenvalue weighted by Gasteiger charge is -2.02. The fraction of sp³-hybridized carbons (Fsp3) is 0.0588. The summed E-state index contributed by atoms with van der Waals surface area (Å²) in [6, 6.07) is 11.1. The Morgan fingerprint density at radius 2 is 2.00 bits per heavy atom. The summed E-state index contributed by atoms with van der Waals surface area (Å²) in [5.74, 6) is 0.358. The standard InChI is InChI=1S/C17H13N5O4S/c1-10(24)18-13-4-2-11(3-5-13)16-19-17(21-20-16)27-15-7-6-14(22(25)26)8-12(15)9-23/h2-9H,1H3,(H,18,24)(H,19,20,21). The number of aromatic nitrogens is 3. The van der Waals surface area contributed by atoms with Crippen molar-refractivity contribution in [3.05, 3.63) is 58.1 Å². The number of aldehydes is 1. The number of nitro groups is 1. The van der Waals surface area contributed by atoms with E-state index in [1.165, 1.54) is 25.1 Å². The summed E-state index contributed by atoms with van der Waals surface area (Å²) in [7, 11) is 0. The Balaban J connectivity index is 1.79. The number of aromatic amines is 1. The van der Waals surface area contributed by atoms with E-state index in [-0.39, 0.29) is 17.2 Å². The molecule has 0 atom stereocenters. The van der Waals surface area contributed by atoms with Gasteiger partial charge in [0.1, 0.15) is 0 Å². The Kier molecular flexibility index (Phi) is 5.27. The highest BCUT2D eigenvalue weighted by Gasteiger charge is 2.14. The van der Waals surface area contributed by atoms with Gasteiger partial charge in [0.15, 0.2) is 12.1 Å². The zero-order valence-electron chi connectivity index (χ0n) is 14.0. The van der Waals surface area contributed by atoms with Crippen molar-refractivity contribution in [1.82, 2.24) is 15.2 Å². The third kappa shape index (κ3) is 4.36. The van der Waals surface area contributed by atoms with Gasteiger partial charge in [0.25, 0.3) is 5.69 Å². The van der Waals surface area contributed by atoms with E-state index in [9.17, 15) is 19.7 Å². The number of amides is 1. The maximum absolute atomic E-state index is 11.2. The Labute approximate surface area is 157 Å². The van der Waals surface area contributed by atoms with Gasteiger partial charge in [-0.05, 0) is 42.1 Å². The molecule has 0 spiro atoms. The van der Waals surface area contributed by atoms with Crippen LogP contribution in [-0.4, -0.2) is 32.3 Å². The van der Waals surface area contributed by atoms with Gasteiger partial charge in [-0.25, -0.2) is 4.98 Å². The second kappa shape index (κ2) is 7.79. The zero-order chi connectivity index (χ0) is 19.4. The molecular weight excluding hydrogens is 370 g/mol. The van der Waals surface area contributed by atoms with Crippen LogP contribution in [0.3, 0.4) is 0 Å². The molecule has 0 saturated carbocycles. The minimum Gasteiger partial charge on any atom is -0.326 e.